The number of halogens is 1. The molecule has 1 heterocycles. The summed E-state index contributed by atoms with van der Waals surface area (Å²) in [5.41, 5.74) is 2.09. The lowest BCUT2D eigenvalue weighted by atomic mass is 10.1. The molecule has 2 aromatic rings. The van der Waals surface area contributed by atoms with Crippen molar-refractivity contribution in [3.05, 3.63) is 35.0 Å². The van der Waals surface area contributed by atoms with Crippen LogP contribution in [0.1, 0.15) is 12.0 Å². The number of hydrogen-bond acceptors (Lipinski definition) is 1. The highest BCUT2D eigenvalue weighted by Crippen LogP contribution is 2.24. The van der Waals surface area contributed by atoms with Crippen molar-refractivity contribution in [1.29, 1.82) is 0 Å². The summed E-state index contributed by atoms with van der Waals surface area (Å²) in [5.74, 6) is -0.772. The van der Waals surface area contributed by atoms with E-state index in [9.17, 15) is 4.79 Å². The first kappa shape index (κ1) is 11.0. The summed E-state index contributed by atoms with van der Waals surface area (Å²) >= 11 is 5.92. The van der Waals surface area contributed by atoms with Crippen molar-refractivity contribution in [1.82, 2.24) is 4.57 Å². The monoisotopic (exact) mass is 237 g/mol. The lowest BCUT2D eigenvalue weighted by molar-refractivity contribution is -0.136. The van der Waals surface area contributed by atoms with Gasteiger partial charge in [0.15, 0.2) is 0 Å². The number of aliphatic carboxylic acids is 1. The number of aryl methyl sites for hydroxylation is 2. The van der Waals surface area contributed by atoms with Crippen molar-refractivity contribution >= 4 is 28.5 Å². The second-order valence-electron chi connectivity index (χ2n) is 3.82. The minimum absolute atomic E-state index is 0.155. The molecule has 0 spiro atoms. The Hall–Kier alpha value is -1.48. The van der Waals surface area contributed by atoms with Crippen LogP contribution in [0.4, 0.5) is 0 Å². The van der Waals surface area contributed by atoms with Gasteiger partial charge >= 0.3 is 5.97 Å². The van der Waals surface area contributed by atoms with Gasteiger partial charge in [-0.3, -0.25) is 4.79 Å². The maximum atomic E-state index is 10.5. The fraction of sp³-hybridized carbons (Fsp3) is 0.250. The number of hydrogen-bond donors (Lipinski definition) is 1. The van der Waals surface area contributed by atoms with Gasteiger partial charge in [0.05, 0.1) is 0 Å². The molecule has 0 saturated carbocycles. The maximum absolute atomic E-state index is 10.5. The number of fused-ring (bicyclic) bond motifs is 1. The van der Waals surface area contributed by atoms with Gasteiger partial charge < -0.3 is 9.67 Å². The molecule has 0 fully saturated rings. The fourth-order valence-corrected chi connectivity index (χ4v) is 2.05. The van der Waals surface area contributed by atoms with Crippen molar-refractivity contribution in [3.63, 3.8) is 0 Å². The molecule has 0 bridgehead atoms. The Balaban J connectivity index is 2.43. The highest BCUT2D eigenvalue weighted by molar-refractivity contribution is 6.31. The molecular weight excluding hydrogens is 226 g/mol. The molecule has 0 aliphatic rings. The van der Waals surface area contributed by atoms with Crippen LogP contribution in [0.25, 0.3) is 10.9 Å². The molecule has 2 rings (SSSR count). The van der Waals surface area contributed by atoms with Gasteiger partial charge in [-0.25, -0.2) is 0 Å². The number of carboxylic acid groups (broad SMARTS) is 1. The highest BCUT2D eigenvalue weighted by Gasteiger charge is 2.08. The molecule has 1 N–H and O–H groups in total. The molecule has 4 heteroatoms. The van der Waals surface area contributed by atoms with Crippen molar-refractivity contribution in [2.45, 2.75) is 12.8 Å². The van der Waals surface area contributed by atoms with Gasteiger partial charge in [0, 0.05) is 35.6 Å². The van der Waals surface area contributed by atoms with Crippen LogP contribution in [0, 0.1) is 0 Å². The van der Waals surface area contributed by atoms with Crippen LogP contribution in [0.5, 0.6) is 0 Å². The zero-order chi connectivity index (χ0) is 11.7. The first-order chi connectivity index (χ1) is 7.58. The lowest BCUT2D eigenvalue weighted by Crippen LogP contribution is -1.96. The number of aromatic nitrogens is 1. The summed E-state index contributed by atoms with van der Waals surface area (Å²) in [6.45, 7) is 0. The van der Waals surface area contributed by atoms with Crippen LogP contribution < -0.4 is 0 Å². The van der Waals surface area contributed by atoms with E-state index in [2.05, 4.69) is 0 Å². The number of carbonyl (C=O) groups is 1. The van der Waals surface area contributed by atoms with Crippen LogP contribution in [-0.2, 0) is 18.3 Å². The molecule has 16 heavy (non-hydrogen) atoms. The lowest BCUT2D eigenvalue weighted by Gasteiger charge is -1.97. The predicted octanol–water partition coefficient (Wildman–Crippen LogP) is 2.85. The molecule has 0 aliphatic heterocycles. The molecule has 0 atom stereocenters. The Morgan fingerprint density at radius 1 is 1.50 bits per heavy atom. The van der Waals surface area contributed by atoms with E-state index in [4.69, 9.17) is 16.7 Å². The molecule has 1 aromatic carbocycles. The van der Waals surface area contributed by atoms with Crippen LogP contribution in [0.3, 0.4) is 0 Å². The van der Waals surface area contributed by atoms with Crippen LogP contribution in [0.15, 0.2) is 24.4 Å². The van der Waals surface area contributed by atoms with E-state index >= 15 is 0 Å². The maximum Gasteiger partial charge on any atom is 0.303 e. The van der Waals surface area contributed by atoms with Crippen LogP contribution in [-0.4, -0.2) is 15.6 Å². The topological polar surface area (TPSA) is 42.2 Å². The quantitative estimate of drug-likeness (QED) is 0.892. The third-order valence-electron chi connectivity index (χ3n) is 2.64. The summed E-state index contributed by atoms with van der Waals surface area (Å²) in [7, 11) is 1.93. The Morgan fingerprint density at radius 2 is 2.25 bits per heavy atom. The molecule has 0 unspecified atom stereocenters. The van der Waals surface area contributed by atoms with Crippen molar-refractivity contribution in [2.24, 2.45) is 7.05 Å². The van der Waals surface area contributed by atoms with Gasteiger partial charge in [-0.1, -0.05) is 17.7 Å². The third kappa shape index (κ3) is 2.04. The molecule has 3 nitrogen and oxygen atoms in total. The number of carboxylic acids is 1. The smallest absolute Gasteiger partial charge is 0.303 e. The Bertz CT molecular complexity index is 545. The van der Waals surface area contributed by atoms with Crippen molar-refractivity contribution < 1.29 is 9.90 Å². The molecule has 0 saturated heterocycles. The second-order valence-corrected chi connectivity index (χ2v) is 4.26. The molecule has 0 radical (unpaired) electrons. The summed E-state index contributed by atoms with van der Waals surface area (Å²) < 4.78 is 1.97. The normalized spacial score (nSPS) is 10.9. The SMILES string of the molecule is Cn1cc(CCC(=O)O)c2ccc(Cl)cc21. The Labute approximate surface area is 98.3 Å². The summed E-state index contributed by atoms with van der Waals surface area (Å²) in [5, 5.41) is 10.4. The van der Waals surface area contributed by atoms with E-state index in [0.717, 1.165) is 16.5 Å². The van der Waals surface area contributed by atoms with E-state index in [1.165, 1.54) is 0 Å². The summed E-state index contributed by atoms with van der Waals surface area (Å²) in [6, 6.07) is 5.66. The number of rotatable bonds is 3. The Morgan fingerprint density at radius 3 is 2.94 bits per heavy atom. The fourth-order valence-electron chi connectivity index (χ4n) is 1.88. The minimum atomic E-state index is -0.772. The molecule has 0 amide bonds. The molecule has 0 aliphatic carbocycles. The van der Waals surface area contributed by atoms with Gasteiger partial charge in [0.1, 0.15) is 0 Å². The largest absolute Gasteiger partial charge is 0.481 e. The highest BCUT2D eigenvalue weighted by atomic mass is 35.5. The van der Waals surface area contributed by atoms with E-state index in [1.54, 1.807) is 0 Å². The standard InChI is InChI=1S/C12H12ClNO2/c1-14-7-8(2-5-12(15)16)10-4-3-9(13)6-11(10)14/h3-4,6-7H,2,5H2,1H3,(H,15,16). The van der Waals surface area contributed by atoms with Gasteiger partial charge in [-0.15, -0.1) is 0 Å². The predicted molar refractivity (Wildman–Crippen MR) is 63.9 cm³/mol. The number of nitrogens with zero attached hydrogens (tertiary/aromatic N) is 1. The minimum Gasteiger partial charge on any atom is -0.481 e. The van der Waals surface area contributed by atoms with Gasteiger partial charge in [0.2, 0.25) is 0 Å². The molecule has 1 aromatic heterocycles. The zero-order valence-corrected chi connectivity index (χ0v) is 9.66. The summed E-state index contributed by atoms with van der Waals surface area (Å²) in [6.07, 6.45) is 2.67. The van der Waals surface area contributed by atoms with Gasteiger partial charge in [0.25, 0.3) is 0 Å². The number of benzene rings is 1. The zero-order valence-electron chi connectivity index (χ0n) is 8.90. The van der Waals surface area contributed by atoms with Crippen molar-refractivity contribution in [2.75, 3.05) is 0 Å². The average Bonchev–Trinajstić information content (AvgIpc) is 2.53. The summed E-state index contributed by atoms with van der Waals surface area (Å²) in [4.78, 5) is 10.5. The molecule has 84 valence electrons. The van der Waals surface area contributed by atoms with E-state index in [-0.39, 0.29) is 6.42 Å². The first-order valence-corrected chi connectivity index (χ1v) is 5.41. The van der Waals surface area contributed by atoms with Gasteiger partial charge in [-0.05, 0) is 24.1 Å². The van der Waals surface area contributed by atoms with Crippen LogP contribution >= 0.6 is 11.6 Å². The van der Waals surface area contributed by atoms with Crippen molar-refractivity contribution in [3.8, 4) is 0 Å². The van der Waals surface area contributed by atoms with E-state index in [1.807, 2.05) is 36.0 Å². The molecular formula is C12H12ClNO2. The van der Waals surface area contributed by atoms with E-state index < -0.39 is 5.97 Å². The third-order valence-corrected chi connectivity index (χ3v) is 2.88. The van der Waals surface area contributed by atoms with Crippen LogP contribution in [0.2, 0.25) is 5.02 Å². The van der Waals surface area contributed by atoms with Gasteiger partial charge in [-0.2, -0.15) is 0 Å². The first-order valence-electron chi connectivity index (χ1n) is 5.03. The average molecular weight is 238 g/mol. The van der Waals surface area contributed by atoms with E-state index in [0.29, 0.717) is 11.4 Å². The second kappa shape index (κ2) is 4.18. The Kier molecular flexibility index (Phi) is 2.88.